The van der Waals surface area contributed by atoms with Crippen LogP contribution in [-0.2, 0) is 65.2 Å². The van der Waals surface area contributed by atoms with Gasteiger partial charge in [-0.2, -0.15) is 0 Å². The van der Waals surface area contributed by atoms with Crippen LogP contribution < -0.4 is 16.1 Å². The Bertz CT molecular complexity index is 7170. The summed E-state index contributed by atoms with van der Waals surface area (Å²) < 4.78 is 41.5. The maximum atomic E-state index is 12.3. The second kappa shape index (κ2) is 47.7. The number of nitrogens with one attached hydrogen (secondary N) is 3. The maximum Gasteiger partial charge on any atom is 0.496 e. The molecule has 0 bridgehead atoms. The highest BCUT2D eigenvalue weighted by atomic mass is 79.9. The summed E-state index contributed by atoms with van der Waals surface area (Å²) in [6.45, 7) is 36.8. The second-order valence-electron chi connectivity index (χ2n) is 43.4. The van der Waals surface area contributed by atoms with E-state index in [1.807, 2.05) is 190 Å². The summed E-state index contributed by atoms with van der Waals surface area (Å²) in [5.74, 6) is 0. The number of hydrogen-bond acceptors (Lipinski definition) is 17. The molecule has 1 amide bonds. The zero-order valence-corrected chi connectivity index (χ0v) is 92.8. The first-order valence-electron chi connectivity index (χ1n) is 51.2. The molecule has 5 aliphatic carbocycles. The lowest BCUT2D eigenvalue weighted by atomic mass is 9.81. The van der Waals surface area contributed by atoms with Gasteiger partial charge in [-0.1, -0.05) is 153 Å². The summed E-state index contributed by atoms with van der Waals surface area (Å²) in [6, 6.07) is 64.6. The first-order valence-corrected chi connectivity index (χ1v) is 52.9. The van der Waals surface area contributed by atoms with Gasteiger partial charge in [0, 0.05) is 210 Å². The number of carbonyl (C=O) groups excluding carboxylic acids is 4. The molecule has 24 rings (SSSR count). The van der Waals surface area contributed by atoms with Crippen molar-refractivity contribution in [2.75, 3.05) is 39.3 Å². The van der Waals surface area contributed by atoms with Crippen LogP contribution in [0.4, 0.5) is 14.4 Å². The highest BCUT2D eigenvalue weighted by Gasteiger charge is 2.52. The summed E-state index contributed by atoms with van der Waals surface area (Å²) in [5.41, 5.74) is 33.4. The number of carbonyl (C=O) groups is 4. The molecule has 149 heavy (non-hydrogen) atoms. The molecule has 14 heterocycles. The third-order valence-corrected chi connectivity index (χ3v) is 29.2. The van der Waals surface area contributed by atoms with Gasteiger partial charge in [0.15, 0.2) is 0 Å². The molecule has 4 fully saturated rings. The van der Waals surface area contributed by atoms with E-state index < -0.39 is 41.2 Å². The number of pyridine rings is 5. The molecule has 0 atom stereocenters. The van der Waals surface area contributed by atoms with E-state index >= 15 is 0 Å². The summed E-state index contributed by atoms with van der Waals surface area (Å²) in [6.07, 6.45) is 39.9. The van der Waals surface area contributed by atoms with Gasteiger partial charge in [0.1, 0.15) is 22.4 Å². The Morgan fingerprint density at radius 3 is 1.09 bits per heavy atom. The SMILES string of the molecule is BrC1CCNCC1.Brc1ccnc2c1-c1ccccc1C2.CC(C)(C)OC(=O)N1CCC(n2ccc(-c3ccnc4c3-c3ccccc3C4)c2)CC1.CC(C)(C)OC(=O)n1ccc(-c2ccnc3c2-c2ccccc2C3)c1.CC(C)(C)OC(=O)n1ccc(B2OC(C)(C)C(C)(C)O2)c1.CC(C)(C)OC=O.Cl.Cl.c1ccc2c(c1)Cc1nccc(-c3cc[nH]c3)c1-2.c1ccc2c(c1)Cc1nccc(-c3ccn(C4CCNCC4)c3)c1-2. The van der Waals surface area contributed by atoms with Gasteiger partial charge in [-0.15, -0.1) is 24.8 Å². The molecule has 10 aromatic heterocycles. The Morgan fingerprint density at radius 1 is 0.389 bits per heavy atom. The number of H-pyrrole nitrogens is 1. The lowest BCUT2D eigenvalue weighted by molar-refractivity contribution is -0.138. The standard InChI is InChI=1S/C26H29N3O2.C21H21N3.C21H20N2O2.C16H12N2.C15H24BNO4.C12H8BrN.C5H10BrN.C5H10O2.2ClH/c1-26(2,3)31-25(30)28-14-10-20(11-15-28)29-13-9-19(17-29)22-8-12-27-23-16-18-6-4-5-7-21(18)24(22)23;1-2-4-18-15(3-1)13-20-21(18)19(7-11-23-20)16-8-12-24(14-16)17-5-9-22-10-6-17;1-21(2,3)25-20(24)23-11-9-15(13-23)17-8-10-22-18-12-14-6-4-5-7-16(14)19(17)18;1-2-4-13-11(3-1)9-15-16(13)14(6-8-18-15)12-5-7-17-10-12;1-13(2,3)19-12(18)17-9-8-11(10-17)16-20-14(4,5)15(6,7)21-16;13-10-5-6-14-11-7-8-3-1-2-4-9(8)12(10)11;6-5-1-3-7-4-2-5;1-5(2,3)7-4-6;;/h4-9,12-13,17,20H,10-11,14-16H2,1-3H3;1-4,7-8,11-12,14,17,22H,5-6,9-10,13H2;4-11,13H,12H2,1-3H3;1-8,10,17H,9H2;8-10H,1-7H3;1-6H,7H2;5,7H,1-4H2;4H,1-3H3;2*1H. The first-order chi connectivity index (χ1) is 70.4. The van der Waals surface area contributed by atoms with E-state index in [1.165, 1.54) is 182 Å². The molecule has 4 aliphatic heterocycles. The maximum absolute atomic E-state index is 12.3. The van der Waals surface area contributed by atoms with Crippen molar-refractivity contribution in [2.45, 2.75) is 232 Å². The molecule has 9 aliphatic rings. The second-order valence-corrected chi connectivity index (χ2v) is 45.6. The minimum absolute atomic E-state index is 0. The number of aromatic nitrogens is 10. The minimum atomic E-state index is -0.522. The van der Waals surface area contributed by atoms with Crippen LogP contribution in [0.5, 0.6) is 0 Å². The van der Waals surface area contributed by atoms with Gasteiger partial charge in [0.05, 0.1) is 39.7 Å². The first kappa shape index (κ1) is 111. The third kappa shape index (κ3) is 26.9. The van der Waals surface area contributed by atoms with Crippen LogP contribution in [0.2, 0.25) is 0 Å². The topological polar surface area (TPSA) is 251 Å². The van der Waals surface area contributed by atoms with E-state index in [9.17, 15) is 19.2 Å². The predicted molar refractivity (Wildman–Crippen MR) is 607 cm³/mol. The number of amides is 1. The number of alkyl halides is 1. The van der Waals surface area contributed by atoms with Crippen molar-refractivity contribution < 1.29 is 47.4 Å². The Labute approximate surface area is 905 Å². The van der Waals surface area contributed by atoms with E-state index in [2.05, 4.69) is 269 Å². The third-order valence-electron chi connectivity index (χ3n) is 27.7. The Balaban J connectivity index is 0.000000131. The Hall–Kier alpha value is -12.6. The quantitative estimate of drug-likeness (QED) is 0.0553. The lowest BCUT2D eigenvalue weighted by Crippen LogP contribution is -2.42. The van der Waals surface area contributed by atoms with E-state index in [0.29, 0.717) is 18.6 Å². The lowest BCUT2D eigenvalue weighted by Gasteiger charge is -2.34. The molecule has 0 spiro atoms. The van der Waals surface area contributed by atoms with Crippen molar-refractivity contribution in [2.24, 2.45) is 0 Å². The van der Waals surface area contributed by atoms with Gasteiger partial charge in [0.25, 0.3) is 6.47 Å². The zero-order valence-electron chi connectivity index (χ0n) is 88.0. The van der Waals surface area contributed by atoms with E-state index in [0.717, 1.165) is 108 Å². The molecular formula is C121H136BBr2Cl2N13O10. The van der Waals surface area contributed by atoms with Gasteiger partial charge in [-0.25, -0.2) is 14.4 Å². The number of hydrogen-bond donors (Lipinski definition) is 3. The molecule has 0 unspecified atom stereocenters. The summed E-state index contributed by atoms with van der Waals surface area (Å²) in [5, 5.41) is 6.73. The molecule has 23 nitrogen and oxygen atoms in total. The van der Waals surface area contributed by atoms with Gasteiger partial charge in [0.2, 0.25) is 0 Å². The van der Waals surface area contributed by atoms with Crippen LogP contribution in [0.3, 0.4) is 0 Å². The molecule has 3 N–H and O–H groups in total. The number of likely N-dealkylation sites (tertiary alicyclic amines) is 1. The molecular weight excluding hydrogens is 2040 g/mol. The number of fused-ring (bicyclic) bond motifs is 15. The number of halogens is 4. The van der Waals surface area contributed by atoms with Gasteiger partial charge >= 0.3 is 25.4 Å². The number of piperidine rings is 3. The number of aromatic amines is 1. The van der Waals surface area contributed by atoms with Crippen LogP contribution in [-0.4, -0.2) is 163 Å². The van der Waals surface area contributed by atoms with Crippen LogP contribution in [0, 0.1) is 0 Å². The highest BCUT2D eigenvalue weighted by molar-refractivity contribution is 9.10. The average Bonchev–Trinajstić information content (AvgIpc) is 1.61. The Morgan fingerprint density at radius 2 is 0.725 bits per heavy atom. The fourth-order valence-electron chi connectivity index (χ4n) is 19.9. The van der Waals surface area contributed by atoms with E-state index in [-0.39, 0.29) is 42.6 Å². The molecule has 5 aromatic carbocycles. The summed E-state index contributed by atoms with van der Waals surface area (Å²) in [7, 11) is -0.473. The molecule has 776 valence electrons. The number of ether oxygens (including phenoxy) is 4. The van der Waals surface area contributed by atoms with Crippen molar-refractivity contribution in [3.05, 3.63) is 336 Å². The Kier molecular flexibility index (Phi) is 35.4. The molecule has 0 saturated carbocycles. The summed E-state index contributed by atoms with van der Waals surface area (Å²) in [4.78, 5) is 74.7. The van der Waals surface area contributed by atoms with Crippen LogP contribution in [0.1, 0.15) is 218 Å². The van der Waals surface area contributed by atoms with Crippen molar-refractivity contribution in [3.8, 4) is 100 Å². The van der Waals surface area contributed by atoms with Crippen molar-refractivity contribution in [1.29, 1.82) is 0 Å². The molecule has 15 aromatic rings. The average molecular weight is 2170 g/mol. The van der Waals surface area contributed by atoms with E-state index in [1.54, 1.807) is 18.6 Å². The van der Waals surface area contributed by atoms with Crippen molar-refractivity contribution >= 4 is 94.0 Å². The number of nitrogens with zero attached hydrogens (tertiary/aromatic N) is 10. The van der Waals surface area contributed by atoms with Crippen LogP contribution in [0.25, 0.3) is 100 Å². The van der Waals surface area contributed by atoms with Crippen molar-refractivity contribution in [1.82, 2.24) is 63.7 Å². The predicted octanol–water partition coefficient (Wildman–Crippen LogP) is 27.2. The smallest absolute Gasteiger partial charge is 0.462 e. The van der Waals surface area contributed by atoms with E-state index in [4.69, 9.17) is 23.5 Å². The summed E-state index contributed by atoms with van der Waals surface area (Å²) >= 11 is 7.13. The van der Waals surface area contributed by atoms with Gasteiger partial charge in [-0.05, 0) is 320 Å². The normalized spacial score (nSPS) is 15.4. The fraction of sp³-hybridized carbons (Fsp3) is 0.347. The highest BCUT2D eigenvalue weighted by Crippen LogP contribution is 2.49. The minimum Gasteiger partial charge on any atom is -0.462 e. The number of rotatable bonds is 8. The number of benzene rings is 5. The zero-order chi connectivity index (χ0) is 104. The monoisotopic (exact) mass is 2170 g/mol. The van der Waals surface area contributed by atoms with Crippen LogP contribution in [0.15, 0.2) is 279 Å². The van der Waals surface area contributed by atoms with Crippen molar-refractivity contribution in [3.63, 3.8) is 0 Å². The van der Waals surface area contributed by atoms with Gasteiger partial charge in [-0.3, -0.25) is 38.8 Å². The van der Waals surface area contributed by atoms with Crippen LogP contribution >= 0.6 is 56.7 Å². The molecule has 4 saturated heterocycles. The fourth-order valence-corrected chi connectivity index (χ4v) is 20.9. The largest absolute Gasteiger partial charge is 0.496 e. The molecule has 28 heteroatoms. The van der Waals surface area contributed by atoms with Gasteiger partial charge < -0.3 is 57.9 Å². The molecule has 0 radical (unpaired) electrons.